The summed E-state index contributed by atoms with van der Waals surface area (Å²) >= 11 is 0. The molecule has 1 amide bonds. The minimum Gasteiger partial charge on any atom is -0.353 e. The molecule has 1 fully saturated rings. The SMILES string of the molecule is C[Si](C)(C)CN1CCNC(=O)C1c1ccccc1. The molecule has 0 spiro atoms. The Kier molecular flexibility index (Phi) is 3.87. The Morgan fingerprint density at radius 1 is 1.28 bits per heavy atom. The van der Waals surface area contributed by atoms with E-state index in [1.807, 2.05) is 30.3 Å². The number of hydrogen-bond acceptors (Lipinski definition) is 2. The first-order chi connectivity index (χ1) is 8.47. The first-order valence-corrected chi connectivity index (χ1v) is 10.2. The molecule has 1 heterocycles. The van der Waals surface area contributed by atoms with Crippen molar-refractivity contribution in [2.75, 3.05) is 19.3 Å². The maximum absolute atomic E-state index is 12.2. The van der Waals surface area contributed by atoms with Gasteiger partial charge < -0.3 is 5.32 Å². The van der Waals surface area contributed by atoms with Crippen LogP contribution in [0.2, 0.25) is 19.6 Å². The van der Waals surface area contributed by atoms with E-state index in [1.165, 1.54) is 0 Å². The van der Waals surface area contributed by atoms with Gasteiger partial charge in [-0.2, -0.15) is 0 Å². The second-order valence-corrected chi connectivity index (χ2v) is 11.6. The lowest BCUT2D eigenvalue weighted by atomic mass is 10.0. The molecule has 1 aliphatic heterocycles. The molecular formula is C14H22N2OSi. The van der Waals surface area contributed by atoms with Crippen LogP contribution in [-0.4, -0.2) is 38.1 Å². The summed E-state index contributed by atoms with van der Waals surface area (Å²) in [6, 6.07) is 9.99. The molecule has 1 aromatic rings. The second kappa shape index (κ2) is 5.24. The molecular weight excluding hydrogens is 240 g/mol. The minimum atomic E-state index is -1.20. The predicted molar refractivity (Wildman–Crippen MR) is 77.1 cm³/mol. The van der Waals surface area contributed by atoms with E-state index >= 15 is 0 Å². The first-order valence-electron chi connectivity index (χ1n) is 6.54. The molecule has 1 aromatic carbocycles. The van der Waals surface area contributed by atoms with Crippen molar-refractivity contribution in [3.05, 3.63) is 35.9 Å². The molecule has 1 N–H and O–H groups in total. The largest absolute Gasteiger partial charge is 0.353 e. The van der Waals surface area contributed by atoms with Gasteiger partial charge in [-0.1, -0.05) is 50.0 Å². The molecule has 1 saturated heterocycles. The first kappa shape index (κ1) is 13.3. The number of carbonyl (C=O) groups excluding carboxylic acids is 1. The molecule has 1 aliphatic rings. The Morgan fingerprint density at radius 2 is 1.94 bits per heavy atom. The molecule has 4 heteroatoms. The number of nitrogens with zero attached hydrogens (tertiary/aromatic N) is 1. The third-order valence-electron chi connectivity index (χ3n) is 3.10. The minimum absolute atomic E-state index is 0.105. The van der Waals surface area contributed by atoms with Gasteiger partial charge in [-0.15, -0.1) is 0 Å². The Hall–Kier alpha value is -1.13. The number of nitrogens with one attached hydrogen (secondary N) is 1. The van der Waals surface area contributed by atoms with Gasteiger partial charge in [0.25, 0.3) is 0 Å². The molecule has 0 saturated carbocycles. The number of hydrogen-bond donors (Lipinski definition) is 1. The van der Waals surface area contributed by atoms with Crippen molar-refractivity contribution in [2.45, 2.75) is 25.7 Å². The molecule has 0 aromatic heterocycles. The van der Waals surface area contributed by atoms with Crippen molar-refractivity contribution < 1.29 is 4.79 Å². The van der Waals surface area contributed by atoms with Gasteiger partial charge >= 0.3 is 0 Å². The quantitative estimate of drug-likeness (QED) is 0.846. The summed E-state index contributed by atoms with van der Waals surface area (Å²) in [5.74, 6) is 0.144. The highest BCUT2D eigenvalue weighted by Gasteiger charge is 2.33. The van der Waals surface area contributed by atoms with E-state index in [9.17, 15) is 4.79 Å². The standard InChI is InChI=1S/C14H22N2OSi/c1-18(2,3)11-16-10-9-15-14(17)13(16)12-7-5-4-6-8-12/h4-8,13H,9-11H2,1-3H3,(H,15,17). The van der Waals surface area contributed by atoms with Gasteiger partial charge in [0, 0.05) is 13.1 Å². The molecule has 2 rings (SSSR count). The zero-order chi connectivity index (χ0) is 13.2. The number of amides is 1. The predicted octanol–water partition coefficient (Wildman–Crippen LogP) is 2.04. The van der Waals surface area contributed by atoms with Gasteiger partial charge in [0.1, 0.15) is 6.04 Å². The molecule has 0 aliphatic carbocycles. The van der Waals surface area contributed by atoms with E-state index in [-0.39, 0.29) is 11.9 Å². The fourth-order valence-corrected chi connectivity index (χ4v) is 4.05. The van der Waals surface area contributed by atoms with Crippen LogP contribution in [0.5, 0.6) is 0 Å². The lowest BCUT2D eigenvalue weighted by molar-refractivity contribution is -0.128. The van der Waals surface area contributed by atoms with Gasteiger partial charge in [-0.25, -0.2) is 0 Å². The zero-order valence-corrected chi connectivity index (χ0v) is 12.4. The van der Waals surface area contributed by atoms with Gasteiger partial charge in [0.05, 0.1) is 8.07 Å². The monoisotopic (exact) mass is 262 g/mol. The summed E-state index contributed by atoms with van der Waals surface area (Å²) in [5.41, 5.74) is 1.10. The van der Waals surface area contributed by atoms with E-state index in [0.717, 1.165) is 24.8 Å². The summed E-state index contributed by atoms with van der Waals surface area (Å²) in [6.45, 7) is 8.77. The van der Waals surface area contributed by atoms with E-state index in [1.54, 1.807) is 0 Å². The van der Waals surface area contributed by atoms with Crippen LogP contribution in [0.3, 0.4) is 0 Å². The van der Waals surface area contributed by atoms with E-state index in [4.69, 9.17) is 0 Å². The van der Waals surface area contributed by atoms with Crippen molar-refractivity contribution in [3.8, 4) is 0 Å². The van der Waals surface area contributed by atoms with E-state index in [2.05, 4.69) is 29.9 Å². The molecule has 98 valence electrons. The summed E-state index contributed by atoms with van der Waals surface area (Å²) in [6.07, 6.45) is 1.07. The maximum Gasteiger partial charge on any atom is 0.241 e. The maximum atomic E-state index is 12.2. The molecule has 0 radical (unpaired) electrons. The second-order valence-electron chi connectivity index (χ2n) is 6.14. The van der Waals surface area contributed by atoms with Crippen molar-refractivity contribution >= 4 is 14.0 Å². The van der Waals surface area contributed by atoms with E-state index in [0.29, 0.717) is 0 Å². The van der Waals surface area contributed by atoms with Crippen LogP contribution in [0.1, 0.15) is 11.6 Å². The summed E-state index contributed by atoms with van der Waals surface area (Å²) < 4.78 is 0. The smallest absolute Gasteiger partial charge is 0.241 e. The number of rotatable bonds is 3. The summed E-state index contributed by atoms with van der Waals surface area (Å²) in [7, 11) is -1.20. The summed E-state index contributed by atoms with van der Waals surface area (Å²) in [5, 5.41) is 2.98. The Labute approximate surface area is 110 Å². The van der Waals surface area contributed by atoms with Crippen LogP contribution in [-0.2, 0) is 4.79 Å². The fourth-order valence-electron chi connectivity index (χ4n) is 2.49. The Balaban J connectivity index is 2.24. The molecule has 3 nitrogen and oxygen atoms in total. The number of benzene rings is 1. The average molecular weight is 262 g/mol. The highest BCUT2D eigenvalue weighted by molar-refractivity contribution is 6.76. The van der Waals surface area contributed by atoms with Crippen molar-refractivity contribution in [3.63, 3.8) is 0 Å². The van der Waals surface area contributed by atoms with Crippen LogP contribution in [0, 0.1) is 0 Å². The normalized spacial score (nSPS) is 21.7. The van der Waals surface area contributed by atoms with Crippen LogP contribution < -0.4 is 5.32 Å². The number of piperazine rings is 1. The Bertz CT molecular complexity index is 414. The molecule has 0 bridgehead atoms. The van der Waals surface area contributed by atoms with Crippen LogP contribution >= 0.6 is 0 Å². The van der Waals surface area contributed by atoms with Gasteiger partial charge in [-0.05, 0) is 11.7 Å². The van der Waals surface area contributed by atoms with Gasteiger partial charge in [-0.3, -0.25) is 9.69 Å². The van der Waals surface area contributed by atoms with Crippen LogP contribution in [0.25, 0.3) is 0 Å². The van der Waals surface area contributed by atoms with Crippen molar-refractivity contribution in [1.29, 1.82) is 0 Å². The van der Waals surface area contributed by atoms with Crippen molar-refractivity contribution in [1.82, 2.24) is 10.2 Å². The van der Waals surface area contributed by atoms with Gasteiger partial charge in [0.15, 0.2) is 0 Å². The van der Waals surface area contributed by atoms with Crippen LogP contribution in [0.15, 0.2) is 30.3 Å². The molecule has 1 unspecified atom stereocenters. The summed E-state index contributed by atoms with van der Waals surface area (Å²) in [4.78, 5) is 14.5. The highest BCUT2D eigenvalue weighted by Crippen LogP contribution is 2.24. The van der Waals surface area contributed by atoms with Gasteiger partial charge in [0.2, 0.25) is 5.91 Å². The average Bonchev–Trinajstić information content (AvgIpc) is 2.28. The lowest BCUT2D eigenvalue weighted by Crippen LogP contribution is -2.54. The van der Waals surface area contributed by atoms with Crippen LogP contribution in [0.4, 0.5) is 0 Å². The third kappa shape index (κ3) is 3.20. The lowest BCUT2D eigenvalue weighted by Gasteiger charge is -2.38. The topological polar surface area (TPSA) is 32.3 Å². The number of carbonyl (C=O) groups is 1. The molecule has 1 atom stereocenters. The highest BCUT2D eigenvalue weighted by atomic mass is 28.3. The Morgan fingerprint density at radius 3 is 2.56 bits per heavy atom. The molecule has 18 heavy (non-hydrogen) atoms. The van der Waals surface area contributed by atoms with E-state index < -0.39 is 8.07 Å². The van der Waals surface area contributed by atoms with Crippen molar-refractivity contribution in [2.24, 2.45) is 0 Å². The third-order valence-corrected chi connectivity index (χ3v) is 4.46. The fraction of sp³-hybridized carbons (Fsp3) is 0.500. The zero-order valence-electron chi connectivity index (χ0n) is 11.4.